The van der Waals surface area contributed by atoms with Crippen molar-refractivity contribution in [2.24, 2.45) is 0 Å². The molecular weight excluding hydrogens is 375 g/mol. The third-order valence-electron chi connectivity index (χ3n) is 5.35. The molecule has 2 aromatic carbocycles. The van der Waals surface area contributed by atoms with Crippen molar-refractivity contribution >= 4 is 36.8 Å². The highest BCUT2D eigenvalue weighted by Gasteiger charge is 2.38. The Kier molecular flexibility index (Phi) is 6.56. The molecule has 0 bridgehead atoms. The molecule has 0 saturated heterocycles. The molecule has 0 amide bonds. The zero-order chi connectivity index (χ0) is 19.6. The fraction of sp³-hybridized carbons (Fsp3) is 0.429. The van der Waals surface area contributed by atoms with Crippen LogP contribution in [0.25, 0.3) is 0 Å². The third-order valence-corrected chi connectivity index (χ3v) is 14.4. The van der Waals surface area contributed by atoms with Crippen molar-refractivity contribution in [3.63, 3.8) is 0 Å². The molecule has 0 spiro atoms. The maximum Gasteiger partial charge on any atom is 0.192 e. The second-order valence-corrected chi connectivity index (χ2v) is 17.8. The normalized spacial score (nSPS) is 14.7. The molecule has 26 heavy (non-hydrogen) atoms. The summed E-state index contributed by atoms with van der Waals surface area (Å²) in [6.45, 7) is 13.5. The van der Waals surface area contributed by atoms with Crippen LogP contribution in [0.3, 0.4) is 0 Å². The van der Waals surface area contributed by atoms with Gasteiger partial charge in [0, 0.05) is 6.04 Å². The van der Waals surface area contributed by atoms with Gasteiger partial charge in [0.1, 0.15) is 5.75 Å². The third kappa shape index (κ3) is 4.67. The van der Waals surface area contributed by atoms with Crippen LogP contribution >= 0.6 is 6.04 Å². The quantitative estimate of drug-likeness (QED) is 0.472. The first-order valence-corrected chi connectivity index (χ1v) is 14.8. The summed E-state index contributed by atoms with van der Waals surface area (Å²) in [6.07, 6.45) is 0.605. The number of hydrogen-bond acceptors (Lipinski definition) is 3. The predicted molar refractivity (Wildman–Crippen MR) is 121 cm³/mol. The fourth-order valence-electron chi connectivity index (χ4n) is 2.38. The molecule has 0 aliphatic rings. The van der Waals surface area contributed by atoms with E-state index in [0.717, 1.165) is 5.75 Å². The highest BCUT2D eigenvalue weighted by molar-refractivity contribution is 8.21. The minimum atomic E-state index is -2.05. The Morgan fingerprint density at radius 1 is 0.923 bits per heavy atom. The van der Waals surface area contributed by atoms with Gasteiger partial charge < -0.3 is 9.16 Å². The molecule has 0 aromatic heterocycles. The second-order valence-electron chi connectivity index (χ2n) is 8.31. The van der Waals surface area contributed by atoms with Gasteiger partial charge in [-0.25, -0.2) is 0 Å². The smallest absolute Gasteiger partial charge is 0.192 e. The molecule has 1 unspecified atom stereocenters. The molecule has 0 heterocycles. The first-order valence-electron chi connectivity index (χ1n) is 8.94. The molecule has 0 fully saturated rings. The van der Waals surface area contributed by atoms with Gasteiger partial charge in [0.05, 0.1) is 13.5 Å². The number of aryl methyl sites for hydroxylation is 1. The van der Waals surface area contributed by atoms with E-state index in [1.807, 2.05) is 12.1 Å². The molecule has 2 nitrogen and oxygen atoms in total. The molecule has 0 aliphatic heterocycles. The van der Waals surface area contributed by atoms with Crippen LogP contribution < -0.4 is 15.3 Å². The molecule has 0 N–H and O–H groups in total. The molecule has 5 heteroatoms. The Morgan fingerprint density at radius 3 is 1.81 bits per heavy atom. The summed E-state index contributed by atoms with van der Waals surface area (Å²) in [5.74, 6) is 0.851. The van der Waals surface area contributed by atoms with Crippen LogP contribution in [0.1, 0.15) is 26.3 Å². The van der Waals surface area contributed by atoms with E-state index in [1.165, 1.54) is 16.2 Å². The number of methoxy groups -OCH3 is 1. The van der Waals surface area contributed by atoms with Gasteiger partial charge >= 0.3 is 0 Å². The standard InChI is InChI=1S/C21H31O2PSSi/c1-17-8-12-19(13-9-17)24(25,16-23-26(6,7)21(2,3)4)20-14-10-18(22-5)11-15-20/h8-15H,16H2,1-7H3. The maximum absolute atomic E-state index is 6.61. The molecule has 0 radical (unpaired) electrons. The van der Waals surface area contributed by atoms with Crippen LogP contribution in [0, 0.1) is 6.92 Å². The zero-order valence-corrected chi connectivity index (χ0v) is 19.7. The molecule has 142 valence electrons. The van der Waals surface area contributed by atoms with E-state index in [4.69, 9.17) is 21.0 Å². The van der Waals surface area contributed by atoms with Gasteiger partial charge in [0.25, 0.3) is 0 Å². The van der Waals surface area contributed by atoms with Crippen LogP contribution in [-0.2, 0) is 16.2 Å². The van der Waals surface area contributed by atoms with E-state index in [9.17, 15) is 0 Å². The van der Waals surface area contributed by atoms with Crippen molar-refractivity contribution < 1.29 is 9.16 Å². The molecule has 0 saturated carbocycles. The monoisotopic (exact) mass is 406 g/mol. The Morgan fingerprint density at radius 2 is 1.38 bits per heavy atom. The lowest BCUT2D eigenvalue weighted by Crippen LogP contribution is -2.41. The van der Waals surface area contributed by atoms with Crippen LogP contribution in [-0.4, -0.2) is 21.8 Å². The first-order chi connectivity index (χ1) is 12.0. The van der Waals surface area contributed by atoms with Crippen LogP contribution in [0.15, 0.2) is 48.5 Å². The maximum atomic E-state index is 6.61. The summed E-state index contributed by atoms with van der Waals surface area (Å²) in [7, 11) is -0.187. The van der Waals surface area contributed by atoms with Gasteiger partial charge in [-0.1, -0.05) is 62.4 Å². The minimum absolute atomic E-state index is 0.167. The lowest BCUT2D eigenvalue weighted by molar-refractivity contribution is 0.351. The lowest BCUT2D eigenvalue weighted by atomic mass is 10.2. The van der Waals surface area contributed by atoms with Crippen LogP contribution in [0.5, 0.6) is 5.75 Å². The van der Waals surface area contributed by atoms with E-state index in [-0.39, 0.29) is 5.04 Å². The molecule has 2 aromatic rings. The Hall–Kier alpha value is -0.933. The van der Waals surface area contributed by atoms with Crippen molar-refractivity contribution in [2.75, 3.05) is 13.5 Å². The van der Waals surface area contributed by atoms with Gasteiger partial charge in [-0.15, -0.1) is 0 Å². The Labute approximate surface area is 165 Å². The number of rotatable bonds is 6. The highest BCUT2D eigenvalue weighted by atomic mass is 32.4. The van der Waals surface area contributed by atoms with E-state index < -0.39 is 14.4 Å². The number of ether oxygens (including phenoxy) is 1. The molecule has 2 rings (SSSR count). The molecular formula is C21H31O2PSSi. The zero-order valence-electron chi connectivity index (χ0n) is 17.0. The summed E-state index contributed by atoms with van der Waals surface area (Å²) < 4.78 is 11.9. The van der Waals surface area contributed by atoms with Crippen LogP contribution in [0.2, 0.25) is 18.1 Å². The van der Waals surface area contributed by atoms with Crippen LogP contribution in [0.4, 0.5) is 0 Å². The van der Waals surface area contributed by atoms with E-state index in [1.54, 1.807) is 7.11 Å². The van der Waals surface area contributed by atoms with Gasteiger partial charge in [-0.05, 0) is 59.9 Å². The predicted octanol–water partition coefficient (Wildman–Crippen LogP) is 5.41. The minimum Gasteiger partial charge on any atom is -0.497 e. The van der Waals surface area contributed by atoms with Gasteiger partial charge in [-0.2, -0.15) is 0 Å². The molecule has 1 atom stereocenters. The van der Waals surface area contributed by atoms with Crippen molar-refractivity contribution in [2.45, 2.75) is 45.8 Å². The van der Waals surface area contributed by atoms with E-state index in [0.29, 0.717) is 6.35 Å². The summed E-state index contributed by atoms with van der Waals surface area (Å²) in [5, 5.41) is 2.55. The van der Waals surface area contributed by atoms with Gasteiger partial charge in [0.2, 0.25) is 0 Å². The fourth-order valence-corrected chi connectivity index (χ4v) is 7.89. The lowest BCUT2D eigenvalue weighted by Gasteiger charge is -2.38. The number of hydrogen-bond donors (Lipinski definition) is 0. The van der Waals surface area contributed by atoms with Crippen molar-refractivity contribution in [1.82, 2.24) is 0 Å². The van der Waals surface area contributed by atoms with Crippen molar-refractivity contribution in [3.05, 3.63) is 54.1 Å². The van der Waals surface area contributed by atoms with E-state index >= 15 is 0 Å². The number of benzene rings is 2. The summed E-state index contributed by atoms with van der Waals surface area (Å²) in [5.41, 5.74) is 1.25. The second kappa shape index (κ2) is 7.98. The van der Waals surface area contributed by atoms with Gasteiger partial charge in [-0.3, -0.25) is 0 Å². The largest absolute Gasteiger partial charge is 0.497 e. The first kappa shape index (κ1) is 21.4. The van der Waals surface area contributed by atoms with Gasteiger partial charge in [0.15, 0.2) is 8.32 Å². The summed E-state index contributed by atoms with van der Waals surface area (Å²) in [4.78, 5) is 0. The summed E-state index contributed by atoms with van der Waals surface area (Å²) in [6, 6.07) is 14.8. The average molecular weight is 407 g/mol. The molecule has 0 aliphatic carbocycles. The highest BCUT2D eigenvalue weighted by Crippen LogP contribution is 2.47. The Balaban J connectivity index is 2.44. The topological polar surface area (TPSA) is 18.5 Å². The van der Waals surface area contributed by atoms with Crippen molar-refractivity contribution in [3.8, 4) is 5.75 Å². The Bertz CT molecular complexity index is 777. The van der Waals surface area contributed by atoms with E-state index in [2.05, 4.69) is 77.2 Å². The SMILES string of the molecule is COc1ccc(P(=S)(CO[Si](C)(C)C(C)(C)C)c2ccc(C)cc2)cc1. The summed E-state index contributed by atoms with van der Waals surface area (Å²) >= 11 is 6.32. The van der Waals surface area contributed by atoms with Crippen molar-refractivity contribution in [1.29, 1.82) is 0 Å². The average Bonchev–Trinajstić information content (AvgIpc) is 2.59.